The molecule has 0 aliphatic rings. The number of halogens is 1. The molecule has 0 aromatic carbocycles. The van der Waals surface area contributed by atoms with Crippen LogP contribution < -0.4 is 0 Å². The molecule has 2 heteroatoms. The monoisotopic (exact) mass is 166 g/mol. The maximum absolute atomic E-state index is 5.14. The smallest absolute Gasteiger partial charge is 0.0643 e. The first-order valence-corrected chi connectivity index (χ1v) is 3.61. The fourth-order valence-corrected chi connectivity index (χ4v) is 0.516. The van der Waals surface area contributed by atoms with E-state index < -0.39 is 0 Å². The predicted molar refractivity (Wildman–Crippen MR) is 34.9 cm³/mol. The Morgan fingerprint density at radius 2 is 2.29 bits per heavy atom. The van der Waals surface area contributed by atoms with Crippen LogP contribution in [0.1, 0.15) is 13.8 Å². The first kappa shape index (κ1) is 7.44. The van der Waals surface area contributed by atoms with Gasteiger partial charge in [-0.2, -0.15) is 0 Å². The number of hydrogen-bond acceptors (Lipinski definition) is 1. The van der Waals surface area contributed by atoms with E-state index in [9.17, 15) is 0 Å². The molecule has 1 atom stereocenters. The van der Waals surface area contributed by atoms with Crippen molar-refractivity contribution in [2.75, 3.05) is 11.9 Å². The van der Waals surface area contributed by atoms with Gasteiger partial charge in [-0.3, -0.25) is 0 Å². The van der Waals surface area contributed by atoms with Crippen molar-refractivity contribution in [2.45, 2.75) is 20.0 Å². The Kier molecular flexibility index (Phi) is 4.88. The van der Waals surface area contributed by atoms with Crippen LogP contribution in [-0.2, 0) is 4.74 Å². The first-order chi connectivity index (χ1) is 3.31. The van der Waals surface area contributed by atoms with E-state index in [0.717, 1.165) is 11.9 Å². The highest BCUT2D eigenvalue weighted by Gasteiger charge is 1.93. The molecule has 1 unspecified atom stereocenters. The molecule has 0 aliphatic carbocycles. The Bertz CT molecular complexity index is 39.1. The molecular formula is C5H11BrO. The lowest BCUT2D eigenvalue weighted by atomic mass is 10.5. The molecular weight excluding hydrogens is 156 g/mol. The average molecular weight is 167 g/mol. The van der Waals surface area contributed by atoms with Crippen molar-refractivity contribution in [3.63, 3.8) is 0 Å². The second-order valence-corrected chi connectivity index (χ2v) is 2.07. The van der Waals surface area contributed by atoms with Crippen LogP contribution in [0.3, 0.4) is 0 Å². The molecule has 0 spiro atoms. The molecule has 0 bridgehead atoms. The molecule has 44 valence electrons. The van der Waals surface area contributed by atoms with Gasteiger partial charge in [-0.25, -0.2) is 0 Å². The molecule has 0 rings (SSSR count). The summed E-state index contributed by atoms with van der Waals surface area (Å²) < 4.78 is 5.14. The minimum absolute atomic E-state index is 0.366. The fourth-order valence-electron chi connectivity index (χ4n) is 0.329. The van der Waals surface area contributed by atoms with Crippen molar-refractivity contribution in [1.82, 2.24) is 0 Å². The van der Waals surface area contributed by atoms with Gasteiger partial charge in [0.05, 0.1) is 6.10 Å². The molecule has 7 heavy (non-hydrogen) atoms. The minimum Gasteiger partial charge on any atom is -0.378 e. The van der Waals surface area contributed by atoms with Gasteiger partial charge in [0, 0.05) is 11.9 Å². The SMILES string of the molecule is CCOC(C)CBr. The molecule has 0 saturated heterocycles. The van der Waals surface area contributed by atoms with Crippen LogP contribution in [0.4, 0.5) is 0 Å². The van der Waals surface area contributed by atoms with Gasteiger partial charge in [-0.15, -0.1) is 0 Å². The first-order valence-electron chi connectivity index (χ1n) is 2.48. The molecule has 0 aromatic rings. The van der Waals surface area contributed by atoms with Gasteiger partial charge in [0.15, 0.2) is 0 Å². The van der Waals surface area contributed by atoms with Crippen LogP contribution in [0.5, 0.6) is 0 Å². The maximum atomic E-state index is 5.14. The van der Waals surface area contributed by atoms with Gasteiger partial charge in [0.1, 0.15) is 0 Å². The Hall–Kier alpha value is 0.440. The van der Waals surface area contributed by atoms with E-state index in [2.05, 4.69) is 15.9 Å². The molecule has 0 heterocycles. The predicted octanol–water partition coefficient (Wildman–Crippen LogP) is 1.81. The molecule has 0 saturated carbocycles. The molecule has 0 fully saturated rings. The second-order valence-electron chi connectivity index (χ2n) is 1.42. The normalized spacial score (nSPS) is 14.1. The zero-order chi connectivity index (χ0) is 5.70. The van der Waals surface area contributed by atoms with Crippen molar-refractivity contribution in [3.05, 3.63) is 0 Å². The van der Waals surface area contributed by atoms with E-state index in [1.165, 1.54) is 0 Å². The Morgan fingerprint density at radius 1 is 1.71 bits per heavy atom. The Balaban J connectivity index is 2.83. The molecule has 0 aromatic heterocycles. The van der Waals surface area contributed by atoms with Crippen LogP contribution in [0.2, 0.25) is 0 Å². The third kappa shape index (κ3) is 4.29. The highest BCUT2D eigenvalue weighted by Crippen LogP contribution is 1.93. The summed E-state index contributed by atoms with van der Waals surface area (Å²) in [4.78, 5) is 0. The number of rotatable bonds is 3. The quantitative estimate of drug-likeness (QED) is 0.582. The molecule has 0 N–H and O–H groups in total. The summed E-state index contributed by atoms with van der Waals surface area (Å²) >= 11 is 3.29. The van der Waals surface area contributed by atoms with Crippen molar-refractivity contribution in [2.24, 2.45) is 0 Å². The number of ether oxygens (including phenoxy) is 1. The van der Waals surface area contributed by atoms with Crippen molar-refractivity contribution in [1.29, 1.82) is 0 Å². The highest BCUT2D eigenvalue weighted by atomic mass is 79.9. The van der Waals surface area contributed by atoms with Crippen molar-refractivity contribution >= 4 is 15.9 Å². The van der Waals surface area contributed by atoms with Gasteiger partial charge in [-0.1, -0.05) is 15.9 Å². The summed E-state index contributed by atoms with van der Waals surface area (Å²) in [6, 6.07) is 0. The molecule has 0 radical (unpaired) electrons. The largest absolute Gasteiger partial charge is 0.378 e. The molecule has 0 amide bonds. The summed E-state index contributed by atoms with van der Waals surface area (Å²) in [7, 11) is 0. The fraction of sp³-hybridized carbons (Fsp3) is 1.00. The van der Waals surface area contributed by atoms with Crippen LogP contribution in [-0.4, -0.2) is 18.0 Å². The lowest BCUT2D eigenvalue weighted by Crippen LogP contribution is -2.07. The van der Waals surface area contributed by atoms with Crippen molar-refractivity contribution in [3.8, 4) is 0 Å². The molecule has 0 aliphatic heterocycles. The van der Waals surface area contributed by atoms with Crippen LogP contribution in [0, 0.1) is 0 Å². The Morgan fingerprint density at radius 3 is 2.43 bits per heavy atom. The van der Waals surface area contributed by atoms with Gasteiger partial charge in [-0.05, 0) is 13.8 Å². The summed E-state index contributed by atoms with van der Waals surface area (Å²) in [6.45, 7) is 4.85. The second kappa shape index (κ2) is 4.60. The van der Waals surface area contributed by atoms with Crippen LogP contribution >= 0.6 is 15.9 Å². The zero-order valence-corrected chi connectivity index (χ0v) is 6.36. The van der Waals surface area contributed by atoms with E-state index in [-0.39, 0.29) is 0 Å². The number of alkyl halides is 1. The van der Waals surface area contributed by atoms with Crippen LogP contribution in [0.25, 0.3) is 0 Å². The topological polar surface area (TPSA) is 9.23 Å². The highest BCUT2D eigenvalue weighted by molar-refractivity contribution is 9.09. The summed E-state index contributed by atoms with van der Waals surface area (Å²) in [6.07, 6.45) is 0.366. The third-order valence-electron chi connectivity index (χ3n) is 0.668. The maximum Gasteiger partial charge on any atom is 0.0643 e. The van der Waals surface area contributed by atoms with Gasteiger partial charge in [0.2, 0.25) is 0 Å². The van der Waals surface area contributed by atoms with E-state index in [1.54, 1.807) is 0 Å². The molecule has 1 nitrogen and oxygen atoms in total. The van der Waals surface area contributed by atoms with Crippen LogP contribution in [0.15, 0.2) is 0 Å². The van der Waals surface area contributed by atoms with E-state index >= 15 is 0 Å². The van der Waals surface area contributed by atoms with Crippen molar-refractivity contribution < 1.29 is 4.74 Å². The Labute approximate surface area is 53.2 Å². The number of hydrogen-bond donors (Lipinski definition) is 0. The van der Waals surface area contributed by atoms with Gasteiger partial charge >= 0.3 is 0 Å². The standard InChI is InChI=1S/C5H11BrO/c1-3-7-5(2)4-6/h5H,3-4H2,1-2H3. The van der Waals surface area contributed by atoms with E-state index in [0.29, 0.717) is 6.10 Å². The lowest BCUT2D eigenvalue weighted by Gasteiger charge is -2.04. The summed E-state index contributed by atoms with van der Waals surface area (Å²) in [5, 5.41) is 0.931. The summed E-state index contributed by atoms with van der Waals surface area (Å²) in [5.41, 5.74) is 0. The van der Waals surface area contributed by atoms with E-state index in [1.807, 2.05) is 13.8 Å². The third-order valence-corrected chi connectivity index (χ3v) is 1.58. The van der Waals surface area contributed by atoms with Gasteiger partial charge < -0.3 is 4.74 Å². The summed E-state index contributed by atoms with van der Waals surface area (Å²) in [5.74, 6) is 0. The average Bonchev–Trinajstić information content (AvgIpc) is 1.68. The minimum atomic E-state index is 0.366. The lowest BCUT2D eigenvalue weighted by molar-refractivity contribution is 0.0940. The zero-order valence-electron chi connectivity index (χ0n) is 4.78. The van der Waals surface area contributed by atoms with Gasteiger partial charge in [0.25, 0.3) is 0 Å². The van der Waals surface area contributed by atoms with E-state index in [4.69, 9.17) is 4.74 Å².